The fourth-order valence-electron chi connectivity index (χ4n) is 2.92. The van der Waals surface area contributed by atoms with Crippen LogP contribution in [-0.2, 0) is 6.54 Å². The van der Waals surface area contributed by atoms with Gasteiger partial charge in [0.25, 0.3) is 0 Å². The number of hydrogen-bond donors (Lipinski definition) is 0. The fourth-order valence-corrected chi connectivity index (χ4v) is 2.92. The molecule has 23 heavy (non-hydrogen) atoms. The van der Waals surface area contributed by atoms with Crippen molar-refractivity contribution >= 4 is 11.5 Å². The molecular weight excluding hydrogens is 294 g/mol. The molecule has 1 fully saturated rings. The Bertz CT molecular complexity index is 833. The summed E-state index contributed by atoms with van der Waals surface area (Å²) in [7, 11) is 2.11. The molecule has 4 heterocycles. The first kappa shape index (κ1) is 14.1. The number of anilines is 1. The van der Waals surface area contributed by atoms with Crippen LogP contribution in [0.15, 0.2) is 23.0 Å². The van der Waals surface area contributed by atoms with E-state index in [1.807, 2.05) is 30.5 Å². The number of rotatable bonds is 4. The molecule has 0 aliphatic carbocycles. The minimum absolute atomic E-state index is 0.464. The molecule has 4 rings (SSSR count). The molecule has 0 amide bonds. The van der Waals surface area contributed by atoms with Gasteiger partial charge in [0.15, 0.2) is 11.6 Å². The van der Waals surface area contributed by atoms with E-state index in [4.69, 9.17) is 4.52 Å². The Hall–Kier alpha value is -2.48. The van der Waals surface area contributed by atoms with E-state index in [0.29, 0.717) is 6.04 Å². The average molecular weight is 313 g/mol. The highest BCUT2D eigenvalue weighted by atomic mass is 16.5. The second-order valence-electron chi connectivity index (χ2n) is 6.10. The molecule has 0 aromatic carbocycles. The van der Waals surface area contributed by atoms with Gasteiger partial charge in [-0.05, 0) is 20.9 Å². The molecule has 8 nitrogen and oxygen atoms in total. The Morgan fingerprint density at radius 2 is 2.13 bits per heavy atom. The summed E-state index contributed by atoms with van der Waals surface area (Å²) in [6, 6.07) is 2.44. The van der Waals surface area contributed by atoms with Crippen LogP contribution >= 0.6 is 0 Å². The van der Waals surface area contributed by atoms with E-state index < -0.39 is 0 Å². The van der Waals surface area contributed by atoms with Crippen molar-refractivity contribution in [1.82, 2.24) is 29.6 Å². The van der Waals surface area contributed by atoms with Crippen molar-refractivity contribution in [2.75, 3.05) is 25.0 Å². The molecule has 0 saturated carbocycles. The van der Waals surface area contributed by atoms with E-state index >= 15 is 0 Å². The molecule has 1 saturated heterocycles. The fraction of sp³-hybridized carbons (Fsp3) is 0.467. The van der Waals surface area contributed by atoms with Gasteiger partial charge in [-0.15, -0.1) is 10.2 Å². The minimum Gasteiger partial charge on any atom is -0.360 e. The maximum atomic E-state index is 5.29. The predicted octanol–water partition coefficient (Wildman–Crippen LogP) is 1.05. The van der Waals surface area contributed by atoms with Crippen molar-refractivity contribution in [2.24, 2.45) is 0 Å². The van der Waals surface area contributed by atoms with Gasteiger partial charge in [-0.3, -0.25) is 9.30 Å². The standard InChI is InChI=1S/C15H19N7O/c1-10-6-13(23-19-10)9-20(3)12-7-21(8-12)14-15-18-17-11(2)22(15)5-4-16-14/h4-6,12H,7-9H2,1-3H3. The quantitative estimate of drug-likeness (QED) is 0.712. The van der Waals surface area contributed by atoms with Crippen molar-refractivity contribution in [1.29, 1.82) is 0 Å². The number of likely N-dealkylation sites (N-methyl/N-ethyl adjacent to an activating group) is 1. The lowest BCUT2D eigenvalue weighted by Gasteiger charge is -2.44. The number of hydrogen-bond acceptors (Lipinski definition) is 7. The molecule has 3 aromatic heterocycles. The minimum atomic E-state index is 0.464. The summed E-state index contributed by atoms with van der Waals surface area (Å²) >= 11 is 0. The van der Waals surface area contributed by atoms with E-state index in [1.54, 1.807) is 6.20 Å². The third-order valence-electron chi connectivity index (χ3n) is 4.35. The lowest BCUT2D eigenvalue weighted by molar-refractivity contribution is 0.177. The maximum absolute atomic E-state index is 5.29. The third kappa shape index (κ3) is 2.44. The lowest BCUT2D eigenvalue weighted by atomic mass is 10.1. The van der Waals surface area contributed by atoms with Gasteiger partial charge in [-0.1, -0.05) is 5.16 Å². The van der Waals surface area contributed by atoms with Crippen molar-refractivity contribution in [3.8, 4) is 0 Å². The lowest BCUT2D eigenvalue weighted by Crippen LogP contribution is -2.58. The summed E-state index contributed by atoms with van der Waals surface area (Å²) in [5.41, 5.74) is 1.73. The van der Waals surface area contributed by atoms with Crippen LogP contribution in [0.4, 0.5) is 5.82 Å². The Kier molecular flexibility index (Phi) is 3.26. The van der Waals surface area contributed by atoms with Crippen LogP contribution in [0, 0.1) is 13.8 Å². The Morgan fingerprint density at radius 1 is 1.30 bits per heavy atom. The molecule has 1 aliphatic heterocycles. The van der Waals surface area contributed by atoms with E-state index in [-0.39, 0.29) is 0 Å². The summed E-state index contributed by atoms with van der Waals surface area (Å²) in [6.45, 7) is 6.48. The Morgan fingerprint density at radius 3 is 2.87 bits per heavy atom. The van der Waals surface area contributed by atoms with Gasteiger partial charge in [-0.2, -0.15) is 0 Å². The van der Waals surface area contributed by atoms with Gasteiger partial charge in [0, 0.05) is 37.6 Å². The van der Waals surface area contributed by atoms with Crippen molar-refractivity contribution < 1.29 is 4.52 Å². The van der Waals surface area contributed by atoms with Crippen molar-refractivity contribution in [3.63, 3.8) is 0 Å². The summed E-state index contributed by atoms with van der Waals surface area (Å²) in [6.07, 6.45) is 3.69. The molecule has 0 bridgehead atoms. The SMILES string of the molecule is Cc1cc(CN(C)C2CN(c3nccn4c(C)nnc34)C2)on1. The smallest absolute Gasteiger partial charge is 0.203 e. The summed E-state index contributed by atoms with van der Waals surface area (Å²) in [4.78, 5) is 8.99. The summed E-state index contributed by atoms with van der Waals surface area (Å²) in [5, 5.41) is 12.3. The van der Waals surface area contributed by atoms with Gasteiger partial charge in [0.2, 0.25) is 5.65 Å². The van der Waals surface area contributed by atoms with Crippen molar-refractivity contribution in [3.05, 3.63) is 35.7 Å². The number of nitrogens with zero attached hydrogens (tertiary/aromatic N) is 7. The molecule has 1 aliphatic rings. The summed E-state index contributed by atoms with van der Waals surface area (Å²) in [5.74, 6) is 2.67. The number of fused-ring (bicyclic) bond motifs is 1. The number of aryl methyl sites for hydroxylation is 2. The molecule has 8 heteroatoms. The highest BCUT2D eigenvalue weighted by Gasteiger charge is 2.33. The molecule has 120 valence electrons. The van der Waals surface area contributed by atoms with Crippen LogP contribution < -0.4 is 4.90 Å². The highest BCUT2D eigenvalue weighted by molar-refractivity contribution is 5.65. The normalized spacial score (nSPS) is 15.6. The van der Waals surface area contributed by atoms with Crippen LogP contribution in [0.1, 0.15) is 17.3 Å². The van der Waals surface area contributed by atoms with Crippen LogP contribution in [0.5, 0.6) is 0 Å². The first-order chi connectivity index (χ1) is 11.1. The van der Waals surface area contributed by atoms with E-state index in [2.05, 4.69) is 37.2 Å². The van der Waals surface area contributed by atoms with Crippen LogP contribution in [0.3, 0.4) is 0 Å². The first-order valence-electron chi connectivity index (χ1n) is 7.65. The molecule has 3 aromatic rings. The first-order valence-corrected chi connectivity index (χ1v) is 7.65. The van der Waals surface area contributed by atoms with Gasteiger partial charge in [0.1, 0.15) is 5.82 Å². The molecular formula is C15H19N7O. The van der Waals surface area contributed by atoms with Gasteiger partial charge >= 0.3 is 0 Å². The van der Waals surface area contributed by atoms with Gasteiger partial charge in [0.05, 0.1) is 12.2 Å². The second-order valence-corrected chi connectivity index (χ2v) is 6.10. The largest absolute Gasteiger partial charge is 0.360 e. The van der Waals surface area contributed by atoms with E-state index in [0.717, 1.165) is 48.4 Å². The highest BCUT2D eigenvalue weighted by Crippen LogP contribution is 2.25. The molecule has 0 radical (unpaired) electrons. The monoisotopic (exact) mass is 313 g/mol. The van der Waals surface area contributed by atoms with Gasteiger partial charge < -0.3 is 9.42 Å². The van der Waals surface area contributed by atoms with Crippen LogP contribution in [0.2, 0.25) is 0 Å². The maximum Gasteiger partial charge on any atom is 0.203 e. The Labute approximate surface area is 133 Å². The zero-order chi connectivity index (χ0) is 16.0. The van der Waals surface area contributed by atoms with E-state index in [1.165, 1.54) is 0 Å². The second kappa shape index (κ2) is 5.31. The predicted molar refractivity (Wildman–Crippen MR) is 84.2 cm³/mol. The average Bonchev–Trinajstić information content (AvgIpc) is 3.05. The van der Waals surface area contributed by atoms with Gasteiger partial charge in [-0.25, -0.2) is 4.98 Å². The molecule has 0 atom stereocenters. The molecule has 0 N–H and O–H groups in total. The zero-order valence-electron chi connectivity index (χ0n) is 13.5. The molecule has 0 spiro atoms. The zero-order valence-corrected chi connectivity index (χ0v) is 13.5. The molecule has 0 unspecified atom stereocenters. The van der Waals surface area contributed by atoms with Crippen LogP contribution in [-0.4, -0.2) is 55.8 Å². The summed E-state index contributed by atoms with van der Waals surface area (Å²) < 4.78 is 7.26. The Balaban J connectivity index is 1.44. The van der Waals surface area contributed by atoms with Crippen molar-refractivity contribution in [2.45, 2.75) is 26.4 Å². The third-order valence-corrected chi connectivity index (χ3v) is 4.35. The van der Waals surface area contributed by atoms with E-state index in [9.17, 15) is 0 Å². The topological polar surface area (TPSA) is 75.6 Å². The number of aromatic nitrogens is 5. The van der Waals surface area contributed by atoms with Crippen LogP contribution in [0.25, 0.3) is 5.65 Å².